The summed E-state index contributed by atoms with van der Waals surface area (Å²) in [6, 6.07) is 6.98. The van der Waals surface area contributed by atoms with E-state index in [1.54, 1.807) is 0 Å². The fourth-order valence-electron chi connectivity index (χ4n) is 0.791. The van der Waals surface area contributed by atoms with Crippen molar-refractivity contribution in [1.82, 2.24) is 0 Å². The van der Waals surface area contributed by atoms with Crippen molar-refractivity contribution in [1.29, 1.82) is 0 Å². The molecule has 1 aromatic rings. The number of hydrogen-bond acceptors (Lipinski definition) is 1. The van der Waals surface area contributed by atoms with Crippen molar-refractivity contribution in [2.75, 3.05) is 0 Å². The van der Waals surface area contributed by atoms with Gasteiger partial charge < -0.3 is 5.73 Å². The highest BCUT2D eigenvalue weighted by Gasteiger charge is 1.88. The van der Waals surface area contributed by atoms with Gasteiger partial charge in [0, 0.05) is 6.21 Å². The number of carbonyl (C=O) groups excluding carboxylic acids is 1. The number of urea groups is 1. The van der Waals surface area contributed by atoms with Crippen LogP contribution in [-0.2, 0) is 0 Å². The lowest BCUT2D eigenvalue weighted by molar-refractivity contribution is 0.257. The van der Waals surface area contributed by atoms with Gasteiger partial charge >= 0.3 is 6.03 Å². The Hall–Kier alpha value is -1.64. The van der Waals surface area contributed by atoms with Crippen molar-refractivity contribution in [2.24, 2.45) is 10.7 Å². The summed E-state index contributed by atoms with van der Waals surface area (Å²) in [5.41, 5.74) is 6.88. The van der Waals surface area contributed by atoms with Gasteiger partial charge in [-0.15, -0.1) is 0 Å². The molecule has 0 aliphatic rings. The number of benzene rings is 1. The molecule has 0 saturated carbocycles. The lowest BCUT2D eigenvalue weighted by atomic mass is 10.2. The van der Waals surface area contributed by atoms with Crippen molar-refractivity contribution in [3.05, 3.63) is 35.4 Å². The molecule has 0 heterocycles. The maximum Gasteiger partial charge on any atom is 0.338 e. The summed E-state index contributed by atoms with van der Waals surface area (Å²) in [6.45, 7) is 2.00. The number of amides is 2. The summed E-state index contributed by atoms with van der Waals surface area (Å²) in [4.78, 5) is 13.7. The van der Waals surface area contributed by atoms with E-state index in [9.17, 15) is 4.79 Å². The molecule has 0 unspecified atom stereocenters. The van der Waals surface area contributed by atoms with E-state index in [4.69, 9.17) is 5.73 Å². The fraction of sp³-hybridized carbons (Fsp3) is 0.111. The molecule has 0 aromatic heterocycles. The SMILES string of the molecule is Cc1ccc(/C=N/C(N)=O)cc1. The van der Waals surface area contributed by atoms with Gasteiger partial charge in [-0.25, -0.2) is 9.79 Å². The summed E-state index contributed by atoms with van der Waals surface area (Å²) in [5, 5.41) is 0. The zero-order chi connectivity index (χ0) is 8.97. The van der Waals surface area contributed by atoms with E-state index in [0.29, 0.717) is 0 Å². The number of rotatable bonds is 1. The van der Waals surface area contributed by atoms with Crippen LogP contribution >= 0.6 is 0 Å². The van der Waals surface area contributed by atoms with Crippen LogP contribution in [0.5, 0.6) is 0 Å². The van der Waals surface area contributed by atoms with E-state index < -0.39 is 6.03 Å². The van der Waals surface area contributed by atoms with E-state index in [2.05, 4.69) is 4.99 Å². The van der Waals surface area contributed by atoms with Crippen LogP contribution in [0.15, 0.2) is 29.3 Å². The molecule has 0 spiro atoms. The van der Waals surface area contributed by atoms with Crippen molar-refractivity contribution in [2.45, 2.75) is 6.92 Å². The summed E-state index contributed by atoms with van der Waals surface area (Å²) in [5.74, 6) is 0. The lowest BCUT2D eigenvalue weighted by Crippen LogP contribution is -2.03. The predicted molar refractivity (Wildman–Crippen MR) is 48.4 cm³/mol. The zero-order valence-corrected chi connectivity index (χ0v) is 6.82. The molecule has 3 heteroatoms. The monoisotopic (exact) mass is 162 g/mol. The molecule has 2 amide bonds. The van der Waals surface area contributed by atoms with Crippen LogP contribution in [0.1, 0.15) is 11.1 Å². The molecule has 0 aliphatic carbocycles. The number of primary amides is 1. The molecular weight excluding hydrogens is 152 g/mol. The van der Waals surface area contributed by atoms with Crippen LogP contribution in [0.25, 0.3) is 0 Å². The van der Waals surface area contributed by atoms with E-state index in [-0.39, 0.29) is 0 Å². The van der Waals surface area contributed by atoms with Gasteiger partial charge in [0.1, 0.15) is 0 Å². The third kappa shape index (κ3) is 2.54. The van der Waals surface area contributed by atoms with Crippen LogP contribution < -0.4 is 5.73 Å². The van der Waals surface area contributed by atoms with Gasteiger partial charge in [-0.05, 0) is 12.5 Å². The van der Waals surface area contributed by atoms with Crippen LogP contribution in [0.2, 0.25) is 0 Å². The first-order valence-corrected chi connectivity index (χ1v) is 3.58. The average molecular weight is 162 g/mol. The quantitative estimate of drug-likeness (QED) is 0.625. The van der Waals surface area contributed by atoms with E-state index >= 15 is 0 Å². The fourth-order valence-corrected chi connectivity index (χ4v) is 0.791. The maximum atomic E-state index is 10.3. The Labute approximate surface area is 70.9 Å². The lowest BCUT2D eigenvalue weighted by Gasteiger charge is -1.92. The largest absolute Gasteiger partial charge is 0.350 e. The third-order valence-electron chi connectivity index (χ3n) is 1.42. The Morgan fingerprint density at radius 2 is 2.00 bits per heavy atom. The molecule has 1 rings (SSSR count). The van der Waals surface area contributed by atoms with Crippen LogP contribution in [0.4, 0.5) is 4.79 Å². The first kappa shape index (κ1) is 8.46. The number of hydrogen-bond donors (Lipinski definition) is 1. The topological polar surface area (TPSA) is 55.4 Å². The summed E-state index contributed by atoms with van der Waals surface area (Å²) in [6.07, 6.45) is 1.45. The maximum absolute atomic E-state index is 10.3. The smallest absolute Gasteiger partial charge is 0.338 e. The first-order valence-electron chi connectivity index (χ1n) is 3.58. The molecule has 0 saturated heterocycles. The number of aliphatic imine (C=N–C) groups is 1. The molecule has 0 atom stereocenters. The number of aryl methyl sites for hydroxylation is 1. The zero-order valence-electron chi connectivity index (χ0n) is 6.82. The van der Waals surface area contributed by atoms with Gasteiger partial charge in [0.25, 0.3) is 0 Å². The second-order valence-corrected chi connectivity index (χ2v) is 2.51. The molecule has 0 fully saturated rings. The normalized spacial score (nSPS) is 10.4. The van der Waals surface area contributed by atoms with Crippen LogP contribution in [-0.4, -0.2) is 12.2 Å². The molecule has 0 aliphatic heterocycles. The molecule has 2 N–H and O–H groups in total. The van der Waals surface area contributed by atoms with E-state index in [1.807, 2.05) is 31.2 Å². The standard InChI is InChI=1S/C9H10N2O/c1-7-2-4-8(5-3-7)6-11-9(10)12/h2-6H,1H3,(H2,10,12)/b11-6+. The minimum atomic E-state index is -0.671. The number of nitrogens with zero attached hydrogens (tertiary/aromatic N) is 1. The second kappa shape index (κ2) is 3.67. The highest BCUT2D eigenvalue weighted by molar-refractivity contribution is 5.90. The predicted octanol–water partition coefficient (Wildman–Crippen LogP) is 1.49. The first-order chi connectivity index (χ1) is 5.68. The van der Waals surface area contributed by atoms with Crippen molar-refractivity contribution < 1.29 is 4.79 Å². The minimum absolute atomic E-state index is 0.671. The number of nitrogens with two attached hydrogens (primary N) is 1. The Bertz CT molecular complexity index is 301. The Kier molecular flexibility index (Phi) is 2.58. The molecule has 0 radical (unpaired) electrons. The highest BCUT2D eigenvalue weighted by atomic mass is 16.2. The van der Waals surface area contributed by atoms with Gasteiger partial charge in [-0.2, -0.15) is 0 Å². The van der Waals surface area contributed by atoms with Gasteiger partial charge in [0.2, 0.25) is 0 Å². The molecule has 0 bridgehead atoms. The Morgan fingerprint density at radius 1 is 1.42 bits per heavy atom. The van der Waals surface area contributed by atoms with E-state index in [0.717, 1.165) is 5.56 Å². The summed E-state index contributed by atoms with van der Waals surface area (Å²) in [7, 11) is 0. The van der Waals surface area contributed by atoms with Crippen molar-refractivity contribution >= 4 is 12.2 Å². The minimum Gasteiger partial charge on any atom is -0.350 e. The highest BCUT2D eigenvalue weighted by Crippen LogP contribution is 1.99. The Morgan fingerprint density at radius 3 is 2.50 bits per heavy atom. The van der Waals surface area contributed by atoms with Gasteiger partial charge in [0.05, 0.1) is 0 Å². The molecule has 3 nitrogen and oxygen atoms in total. The van der Waals surface area contributed by atoms with Gasteiger partial charge in [-0.3, -0.25) is 0 Å². The van der Waals surface area contributed by atoms with Gasteiger partial charge in [0.15, 0.2) is 0 Å². The van der Waals surface area contributed by atoms with Crippen LogP contribution in [0, 0.1) is 6.92 Å². The molecular formula is C9H10N2O. The average Bonchev–Trinajstić information content (AvgIpc) is 2.03. The van der Waals surface area contributed by atoms with Crippen LogP contribution in [0.3, 0.4) is 0 Å². The molecule has 12 heavy (non-hydrogen) atoms. The summed E-state index contributed by atoms with van der Waals surface area (Å²) >= 11 is 0. The van der Waals surface area contributed by atoms with Crippen molar-refractivity contribution in [3.63, 3.8) is 0 Å². The molecule has 1 aromatic carbocycles. The van der Waals surface area contributed by atoms with E-state index in [1.165, 1.54) is 11.8 Å². The molecule has 62 valence electrons. The second-order valence-electron chi connectivity index (χ2n) is 2.51. The van der Waals surface area contributed by atoms with Gasteiger partial charge in [-0.1, -0.05) is 29.8 Å². The Balaban J connectivity index is 2.77. The summed E-state index contributed by atoms with van der Waals surface area (Å²) < 4.78 is 0. The number of carbonyl (C=O) groups is 1. The third-order valence-corrected chi connectivity index (χ3v) is 1.42. The van der Waals surface area contributed by atoms with Crippen molar-refractivity contribution in [3.8, 4) is 0 Å².